The van der Waals surface area contributed by atoms with E-state index in [2.05, 4.69) is 41.5 Å². The van der Waals surface area contributed by atoms with E-state index in [0.29, 0.717) is 0 Å². The Hall–Kier alpha value is 0.270. The van der Waals surface area contributed by atoms with Gasteiger partial charge in [-0.1, -0.05) is 41.5 Å². The average molecular weight is 484 g/mol. The molecule has 0 heterocycles. The van der Waals surface area contributed by atoms with E-state index in [0.717, 1.165) is 0 Å². The van der Waals surface area contributed by atoms with Crippen molar-refractivity contribution < 1.29 is 26.1 Å². The zero-order chi connectivity index (χ0) is 23.2. The van der Waals surface area contributed by atoms with Crippen molar-refractivity contribution in [2.45, 2.75) is 85.6 Å². The van der Waals surface area contributed by atoms with Gasteiger partial charge in [0.1, 0.15) is 0 Å². The third-order valence-electron chi connectivity index (χ3n) is 4.50. The molecule has 0 amide bonds. The molecule has 0 aromatic heterocycles. The van der Waals surface area contributed by atoms with Gasteiger partial charge in [0.25, 0.3) is 0 Å². The molecule has 0 aliphatic rings. The van der Waals surface area contributed by atoms with Gasteiger partial charge in [0, 0.05) is 37.0 Å². The molecule has 0 rings (SSSR count). The summed E-state index contributed by atoms with van der Waals surface area (Å²) in [4.78, 5) is 0. The van der Waals surface area contributed by atoms with Crippen molar-refractivity contribution in [1.29, 1.82) is 0 Å². The number of rotatable bonds is 12. The van der Waals surface area contributed by atoms with E-state index in [1.165, 1.54) is 75.5 Å². The zero-order valence-corrected chi connectivity index (χ0v) is 21.7. The summed E-state index contributed by atoms with van der Waals surface area (Å²) in [7, 11) is -8.16. The maximum Gasteiger partial charge on any atom is 0.485 e. The number of halogens is 3. The van der Waals surface area contributed by atoms with Gasteiger partial charge in [-0.05, 0) is 38.5 Å². The lowest BCUT2D eigenvalue weighted by molar-refractivity contribution is -0.0517. The fourth-order valence-electron chi connectivity index (χ4n) is 3.84. The normalized spacial score (nSPS) is 12.9. The van der Waals surface area contributed by atoms with Crippen molar-refractivity contribution in [3.8, 4) is 0 Å². The maximum absolute atomic E-state index is 10.7. The lowest BCUT2D eigenvalue weighted by Crippen LogP contribution is -2.21. The average Bonchev–Trinajstić information content (AvgIpc) is 2.55. The molecule has 0 spiro atoms. The monoisotopic (exact) mass is 483 g/mol. The fourth-order valence-corrected chi connectivity index (χ4v) is 15.5. The van der Waals surface area contributed by atoms with E-state index in [9.17, 15) is 13.2 Å². The fraction of sp³-hybridized carbons (Fsp3) is 1.00. The maximum atomic E-state index is 10.7. The van der Waals surface area contributed by atoms with Gasteiger partial charge < -0.3 is 4.55 Å². The van der Waals surface area contributed by atoms with E-state index in [1.54, 1.807) is 0 Å². The second kappa shape index (κ2) is 15.1. The molecule has 0 radical (unpaired) electrons. The van der Waals surface area contributed by atoms with E-state index < -0.39 is 29.7 Å². The van der Waals surface area contributed by atoms with Crippen molar-refractivity contribution >= 4 is 24.2 Å². The summed E-state index contributed by atoms with van der Waals surface area (Å²) >= 11 is 0. The van der Waals surface area contributed by atoms with Gasteiger partial charge in [0.15, 0.2) is 10.1 Å². The summed E-state index contributed by atoms with van der Waals surface area (Å²) < 4.78 is 64.8. The standard InChI is InChI=1S/C18H42NP2.CHF3O3S/c1-7-13-20(14-8-2,15-9-3)19-21(16-10-4,17-11-5)18-12-6;2-1(3,4)8(5,6)7/h7-18H2,1-6H3;(H,5,6,7)/q+1;/p-1. The van der Waals surface area contributed by atoms with Crippen LogP contribution in [0.3, 0.4) is 0 Å². The Morgan fingerprint density at radius 2 is 0.828 bits per heavy atom. The van der Waals surface area contributed by atoms with Crippen LogP contribution in [0, 0.1) is 0 Å². The topological polar surface area (TPSA) is 71.3 Å². The van der Waals surface area contributed by atoms with Gasteiger partial charge in [-0.2, -0.15) is 17.3 Å². The first-order chi connectivity index (χ1) is 13.3. The molecule has 0 unspecified atom stereocenters. The van der Waals surface area contributed by atoms with Crippen molar-refractivity contribution in [3.05, 3.63) is 0 Å². The smallest absolute Gasteiger partial charge is 0.485 e. The van der Waals surface area contributed by atoms with Crippen LogP contribution < -0.4 is 4.17 Å². The molecule has 4 nitrogen and oxygen atoms in total. The van der Waals surface area contributed by atoms with E-state index >= 15 is 0 Å². The van der Waals surface area contributed by atoms with Crippen molar-refractivity contribution in [2.24, 2.45) is 0 Å². The van der Waals surface area contributed by atoms with Crippen LogP contribution in [0.15, 0.2) is 0 Å². The Balaban J connectivity index is 0. The van der Waals surface area contributed by atoms with Gasteiger partial charge >= 0.3 is 5.51 Å². The Labute approximate surface area is 177 Å². The lowest BCUT2D eigenvalue weighted by atomic mass is 10.6. The first-order valence-electron chi connectivity index (χ1n) is 10.8. The van der Waals surface area contributed by atoms with Crippen LogP contribution in [-0.2, 0) is 10.1 Å². The van der Waals surface area contributed by atoms with E-state index in [4.69, 9.17) is 17.1 Å². The third-order valence-corrected chi connectivity index (χ3v) is 15.8. The molecule has 10 heteroatoms. The zero-order valence-electron chi connectivity index (χ0n) is 19.1. The molecule has 29 heavy (non-hydrogen) atoms. The minimum atomic E-state index is -6.09. The largest absolute Gasteiger partial charge is 0.741 e. The van der Waals surface area contributed by atoms with Crippen LogP contribution in [0.25, 0.3) is 0 Å². The Bertz CT molecular complexity index is 579. The van der Waals surface area contributed by atoms with Crippen LogP contribution in [0.1, 0.15) is 80.1 Å². The summed E-state index contributed by atoms with van der Waals surface area (Å²) in [6.45, 7) is 14.2. The molecule has 0 aromatic carbocycles. The molecule has 0 saturated heterocycles. The molecule has 0 atom stereocenters. The molecule has 0 N–H and O–H groups in total. The van der Waals surface area contributed by atoms with Crippen molar-refractivity contribution in [3.63, 3.8) is 0 Å². The third kappa shape index (κ3) is 12.7. The summed E-state index contributed by atoms with van der Waals surface area (Å²) in [6.07, 6.45) is 16.6. The molecule has 0 aromatic rings. The molecule has 0 aliphatic carbocycles. The lowest BCUT2D eigenvalue weighted by Gasteiger charge is -2.17. The summed E-state index contributed by atoms with van der Waals surface area (Å²) in [6, 6.07) is 0. The van der Waals surface area contributed by atoms with Crippen LogP contribution in [-0.4, -0.2) is 55.5 Å². The quantitative estimate of drug-likeness (QED) is 0.130. The van der Waals surface area contributed by atoms with Gasteiger partial charge in [-0.25, -0.2) is 8.42 Å². The molecular weight excluding hydrogens is 441 g/mol. The summed E-state index contributed by atoms with van der Waals surface area (Å²) in [5.41, 5.74) is -5.65. The summed E-state index contributed by atoms with van der Waals surface area (Å²) in [5, 5.41) is 0. The Morgan fingerprint density at radius 3 is 0.931 bits per heavy atom. The van der Waals surface area contributed by atoms with Crippen LogP contribution in [0.2, 0.25) is 0 Å². The summed E-state index contributed by atoms with van der Waals surface area (Å²) in [5.74, 6) is 0. The Kier molecular flexibility index (Phi) is 16.4. The Morgan fingerprint density at radius 1 is 0.655 bits per heavy atom. The first kappa shape index (κ1) is 31.5. The van der Waals surface area contributed by atoms with Gasteiger partial charge in [-0.15, -0.1) is 0 Å². The van der Waals surface area contributed by atoms with Crippen molar-refractivity contribution in [1.82, 2.24) is 4.17 Å². The molecule has 178 valence electrons. The number of alkyl halides is 3. The minimum absolute atomic E-state index is 1.03. The molecule has 0 aliphatic heterocycles. The molecular formula is C19H42F3NO3P2S. The van der Waals surface area contributed by atoms with Crippen LogP contribution >= 0.6 is 14.1 Å². The highest BCUT2D eigenvalue weighted by atomic mass is 32.2. The SMILES string of the molecule is CCCP(CCC)(CCC)=[N+]=P(CCC)(CCC)CCC.O=S(=O)([O-])C(F)(F)F. The van der Waals surface area contributed by atoms with Crippen LogP contribution in [0.4, 0.5) is 13.2 Å². The molecule has 0 bridgehead atoms. The predicted molar refractivity (Wildman–Crippen MR) is 123 cm³/mol. The van der Waals surface area contributed by atoms with Crippen LogP contribution in [0.5, 0.6) is 0 Å². The van der Waals surface area contributed by atoms with Crippen molar-refractivity contribution in [2.75, 3.05) is 37.0 Å². The number of hydrogen-bond donors (Lipinski definition) is 0. The minimum Gasteiger partial charge on any atom is -0.741 e. The van der Waals surface area contributed by atoms with Gasteiger partial charge in [0.2, 0.25) is 14.1 Å². The number of hydrogen-bond acceptors (Lipinski definition) is 3. The second-order valence-corrected chi connectivity index (χ2v) is 16.7. The molecule has 0 fully saturated rings. The predicted octanol–water partition coefficient (Wildman–Crippen LogP) is 6.97. The second-order valence-electron chi connectivity index (χ2n) is 7.52. The van der Waals surface area contributed by atoms with E-state index in [1.807, 2.05) is 0 Å². The highest BCUT2D eigenvalue weighted by Gasteiger charge is 2.37. The van der Waals surface area contributed by atoms with Gasteiger partial charge in [-0.3, -0.25) is 0 Å². The van der Waals surface area contributed by atoms with Gasteiger partial charge in [0.05, 0.1) is 0 Å². The number of nitrogens with zero attached hydrogens (tertiary/aromatic N) is 1. The van der Waals surface area contributed by atoms with E-state index in [-0.39, 0.29) is 0 Å². The molecule has 0 saturated carbocycles. The highest BCUT2D eigenvalue weighted by molar-refractivity contribution is 7.86. The first-order valence-corrected chi connectivity index (χ1v) is 16.8. The highest BCUT2D eigenvalue weighted by Crippen LogP contribution is 2.55.